The van der Waals surface area contributed by atoms with E-state index in [0.29, 0.717) is 17.2 Å². The van der Waals surface area contributed by atoms with Crippen LogP contribution in [-0.4, -0.2) is 10.1 Å². The first-order valence-corrected chi connectivity index (χ1v) is 5.18. The number of nitrogens with zero attached hydrogens (tertiary/aromatic N) is 1. The Hall–Kier alpha value is -2.49. The SMILES string of the molecule is Nc1ccc(-c2nc3ccc(O)cc3o2)cc1. The van der Waals surface area contributed by atoms with E-state index in [1.807, 2.05) is 12.1 Å². The lowest BCUT2D eigenvalue weighted by Crippen LogP contribution is -1.83. The van der Waals surface area contributed by atoms with Crippen LogP contribution in [0.1, 0.15) is 0 Å². The second-order valence-electron chi connectivity index (χ2n) is 3.79. The van der Waals surface area contributed by atoms with Crippen LogP contribution in [0.4, 0.5) is 5.69 Å². The molecule has 17 heavy (non-hydrogen) atoms. The number of rotatable bonds is 1. The van der Waals surface area contributed by atoms with Crippen LogP contribution in [0.15, 0.2) is 46.9 Å². The summed E-state index contributed by atoms with van der Waals surface area (Å²) >= 11 is 0. The zero-order valence-electron chi connectivity index (χ0n) is 8.92. The van der Waals surface area contributed by atoms with Gasteiger partial charge in [0.25, 0.3) is 0 Å². The van der Waals surface area contributed by atoms with Crippen molar-refractivity contribution in [3.63, 3.8) is 0 Å². The Bertz CT molecular complexity index is 671. The van der Waals surface area contributed by atoms with E-state index in [0.717, 1.165) is 11.1 Å². The van der Waals surface area contributed by atoms with Gasteiger partial charge >= 0.3 is 0 Å². The van der Waals surface area contributed by atoms with E-state index in [9.17, 15) is 5.11 Å². The predicted octanol–water partition coefficient (Wildman–Crippen LogP) is 2.78. The van der Waals surface area contributed by atoms with Crippen molar-refractivity contribution < 1.29 is 9.52 Å². The Kier molecular flexibility index (Phi) is 2.01. The molecule has 0 spiro atoms. The molecule has 3 rings (SSSR count). The van der Waals surface area contributed by atoms with Gasteiger partial charge in [0.1, 0.15) is 11.3 Å². The highest BCUT2D eigenvalue weighted by atomic mass is 16.3. The minimum absolute atomic E-state index is 0.164. The van der Waals surface area contributed by atoms with Gasteiger partial charge in [0.15, 0.2) is 5.58 Å². The topological polar surface area (TPSA) is 72.3 Å². The van der Waals surface area contributed by atoms with Gasteiger partial charge in [-0.3, -0.25) is 0 Å². The Morgan fingerprint density at radius 2 is 1.82 bits per heavy atom. The minimum atomic E-state index is 0.164. The maximum Gasteiger partial charge on any atom is 0.227 e. The van der Waals surface area contributed by atoms with Crippen molar-refractivity contribution in [2.45, 2.75) is 0 Å². The van der Waals surface area contributed by atoms with E-state index in [2.05, 4.69) is 4.98 Å². The van der Waals surface area contributed by atoms with E-state index in [4.69, 9.17) is 10.2 Å². The van der Waals surface area contributed by atoms with Crippen LogP contribution in [0.5, 0.6) is 5.75 Å². The van der Waals surface area contributed by atoms with Crippen LogP contribution in [-0.2, 0) is 0 Å². The molecule has 0 aliphatic carbocycles. The molecule has 2 aromatic carbocycles. The van der Waals surface area contributed by atoms with Crippen molar-refractivity contribution in [1.29, 1.82) is 0 Å². The van der Waals surface area contributed by atoms with Gasteiger partial charge < -0.3 is 15.3 Å². The minimum Gasteiger partial charge on any atom is -0.508 e. The number of hydrogen-bond donors (Lipinski definition) is 2. The molecule has 0 saturated heterocycles. The molecule has 0 aliphatic rings. The number of aromatic nitrogens is 1. The van der Waals surface area contributed by atoms with Crippen LogP contribution in [0.2, 0.25) is 0 Å². The maximum atomic E-state index is 9.34. The van der Waals surface area contributed by atoms with Crippen LogP contribution >= 0.6 is 0 Å². The maximum absolute atomic E-state index is 9.34. The lowest BCUT2D eigenvalue weighted by atomic mass is 10.2. The van der Waals surface area contributed by atoms with Crippen molar-refractivity contribution in [2.24, 2.45) is 0 Å². The largest absolute Gasteiger partial charge is 0.508 e. The molecule has 1 heterocycles. The molecule has 0 radical (unpaired) electrons. The molecule has 0 amide bonds. The van der Waals surface area contributed by atoms with E-state index in [-0.39, 0.29) is 5.75 Å². The number of fused-ring (bicyclic) bond motifs is 1. The molecule has 0 atom stereocenters. The number of oxazole rings is 1. The summed E-state index contributed by atoms with van der Waals surface area (Å²) in [6, 6.07) is 12.1. The number of phenols is 1. The average molecular weight is 226 g/mol. The molecular weight excluding hydrogens is 216 g/mol. The smallest absolute Gasteiger partial charge is 0.227 e. The van der Waals surface area contributed by atoms with Crippen LogP contribution < -0.4 is 5.73 Å². The summed E-state index contributed by atoms with van der Waals surface area (Å²) in [7, 11) is 0. The van der Waals surface area contributed by atoms with Gasteiger partial charge in [0.2, 0.25) is 5.89 Å². The third kappa shape index (κ3) is 1.69. The van der Waals surface area contributed by atoms with E-state index < -0.39 is 0 Å². The predicted molar refractivity (Wildman–Crippen MR) is 65.5 cm³/mol. The summed E-state index contributed by atoms with van der Waals surface area (Å²) in [6.07, 6.45) is 0. The average Bonchev–Trinajstić information content (AvgIpc) is 2.72. The zero-order valence-corrected chi connectivity index (χ0v) is 8.92. The first kappa shape index (κ1) is 9.72. The molecule has 0 unspecified atom stereocenters. The monoisotopic (exact) mass is 226 g/mol. The summed E-state index contributed by atoms with van der Waals surface area (Å²) in [6.45, 7) is 0. The Labute approximate surface area is 97.3 Å². The fourth-order valence-electron chi connectivity index (χ4n) is 1.66. The van der Waals surface area contributed by atoms with Gasteiger partial charge in [0, 0.05) is 17.3 Å². The fourth-order valence-corrected chi connectivity index (χ4v) is 1.66. The molecule has 1 aromatic heterocycles. The third-order valence-electron chi connectivity index (χ3n) is 2.53. The first-order chi connectivity index (χ1) is 8.22. The van der Waals surface area contributed by atoms with E-state index in [1.165, 1.54) is 0 Å². The number of hydrogen-bond acceptors (Lipinski definition) is 4. The zero-order chi connectivity index (χ0) is 11.8. The molecule has 0 fully saturated rings. The van der Waals surface area contributed by atoms with Gasteiger partial charge in [-0.1, -0.05) is 0 Å². The normalized spacial score (nSPS) is 10.8. The summed E-state index contributed by atoms with van der Waals surface area (Å²) in [5.41, 5.74) is 8.45. The van der Waals surface area contributed by atoms with Crippen molar-refractivity contribution in [1.82, 2.24) is 4.98 Å². The number of anilines is 1. The second kappa shape index (κ2) is 3.52. The lowest BCUT2D eigenvalue weighted by Gasteiger charge is -1.95. The molecule has 3 aromatic rings. The molecule has 3 N–H and O–H groups in total. The van der Waals surface area contributed by atoms with Gasteiger partial charge in [0.05, 0.1) is 0 Å². The standard InChI is InChI=1S/C13H10N2O2/c14-9-3-1-8(2-4-9)13-15-11-6-5-10(16)7-12(11)17-13/h1-7,16H,14H2. The molecule has 4 nitrogen and oxygen atoms in total. The summed E-state index contributed by atoms with van der Waals surface area (Å²) in [5, 5.41) is 9.34. The quantitative estimate of drug-likeness (QED) is 0.626. The van der Waals surface area contributed by atoms with Gasteiger partial charge in [-0.25, -0.2) is 4.98 Å². The molecule has 0 saturated carbocycles. The number of aromatic hydroxyl groups is 1. The highest BCUT2D eigenvalue weighted by molar-refractivity contribution is 5.77. The number of phenolic OH excluding ortho intramolecular Hbond substituents is 1. The van der Waals surface area contributed by atoms with Crippen molar-refractivity contribution in [3.05, 3.63) is 42.5 Å². The van der Waals surface area contributed by atoms with Gasteiger partial charge in [-0.05, 0) is 36.4 Å². The second-order valence-corrected chi connectivity index (χ2v) is 3.79. The summed E-state index contributed by atoms with van der Waals surface area (Å²) < 4.78 is 5.56. The molecular formula is C13H10N2O2. The van der Waals surface area contributed by atoms with Gasteiger partial charge in [-0.15, -0.1) is 0 Å². The summed E-state index contributed by atoms with van der Waals surface area (Å²) in [4.78, 5) is 4.34. The van der Waals surface area contributed by atoms with Crippen molar-refractivity contribution in [3.8, 4) is 17.2 Å². The van der Waals surface area contributed by atoms with Gasteiger partial charge in [-0.2, -0.15) is 0 Å². The molecule has 84 valence electrons. The highest BCUT2D eigenvalue weighted by Crippen LogP contribution is 2.26. The highest BCUT2D eigenvalue weighted by Gasteiger charge is 2.08. The van der Waals surface area contributed by atoms with E-state index in [1.54, 1.807) is 30.3 Å². The molecule has 4 heteroatoms. The molecule has 0 aliphatic heterocycles. The molecule has 0 bridgehead atoms. The van der Waals surface area contributed by atoms with Crippen molar-refractivity contribution >= 4 is 16.8 Å². The van der Waals surface area contributed by atoms with Crippen molar-refractivity contribution in [2.75, 3.05) is 5.73 Å². The van der Waals surface area contributed by atoms with Crippen LogP contribution in [0, 0.1) is 0 Å². The lowest BCUT2D eigenvalue weighted by molar-refractivity contribution is 0.474. The van der Waals surface area contributed by atoms with Crippen LogP contribution in [0.25, 0.3) is 22.6 Å². The number of nitrogen functional groups attached to an aromatic ring is 1. The Morgan fingerprint density at radius 3 is 2.59 bits per heavy atom. The van der Waals surface area contributed by atoms with Crippen LogP contribution in [0.3, 0.4) is 0 Å². The first-order valence-electron chi connectivity index (χ1n) is 5.18. The number of benzene rings is 2. The third-order valence-corrected chi connectivity index (χ3v) is 2.53. The Balaban J connectivity index is 2.14. The summed E-state index contributed by atoms with van der Waals surface area (Å²) in [5.74, 6) is 0.683. The Morgan fingerprint density at radius 1 is 1.06 bits per heavy atom. The fraction of sp³-hybridized carbons (Fsp3) is 0. The van der Waals surface area contributed by atoms with E-state index >= 15 is 0 Å². The number of nitrogens with two attached hydrogens (primary N) is 1.